The molecular weight excluding hydrogens is 342 g/mol. The summed E-state index contributed by atoms with van der Waals surface area (Å²) in [5.74, 6) is -0.547. The SMILES string of the molecule is CC(C)(C)c1ccc(N2C(=O)c3ccccc3C2=O)c(Br)c1. The maximum absolute atomic E-state index is 12.5. The van der Waals surface area contributed by atoms with Gasteiger partial charge in [-0.2, -0.15) is 0 Å². The van der Waals surface area contributed by atoms with E-state index < -0.39 is 0 Å². The normalized spacial score (nSPS) is 14.5. The molecule has 0 unspecified atom stereocenters. The highest BCUT2D eigenvalue weighted by molar-refractivity contribution is 9.10. The molecule has 0 atom stereocenters. The Morgan fingerprint density at radius 3 is 1.91 bits per heavy atom. The lowest BCUT2D eigenvalue weighted by molar-refractivity contribution is 0.0926. The minimum Gasteiger partial charge on any atom is -0.268 e. The fourth-order valence-electron chi connectivity index (χ4n) is 2.56. The molecule has 3 nitrogen and oxygen atoms in total. The monoisotopic (exact) mass is 357 g/mol. The van der Waals surface area contributed by atoms with Crippen LogP contribution in [0.15, 0.2) is 46.9 Å². The highest BCUT2D eigenvalue weighted by atomic mass is 79.9. The van der Waals surface area contributed by atoms with Crippen molar-refractivity contribution < 1.29 is 9.59 Å². The third-order valence-corrected chi connectivity index (χ3v) is 4.48. The van der Waals surface area contributed by atoms with Crippen LogP contribution >= 0.6 is 15.9 Å². The van der Waals surface area contributed by atoms with Crippen LogP contribution in [0.3, 0.4) is 0 Å². The van der Waals surface area contributed by atoms with Gasteiger partial charge in [0.25, 0.3) is 11.8 Å². The Hall–Kier alpha value is -1.94. The number of anilines is 1. The fourth-order valence-corrected chi connectivity index (χ4v) is 3.12. The van der Waals surface area contributed by atoms with Crippen LogP contribution in [0.5, 0.6) is 0 Å². The van der Waals surface area contributed by atoms with Gasteiger partial charge in [0.15, 0.2) is 0 Å². The van der Waals surface area contributed by atoms with Crippen molar-refractivity contribution in [2.24, 2.45) is 0 Å². The van der Waals surface area contributed by atoms with Crippen LogP contribution in [-0.4, -0.2) is 11.8 Å². The summed E-state index contributed by atoms with van der Waals surface area (Å²) in [5, 5.41) is 0. The zero-order chi connectivity index (χ0) is 16.1. The lowest BCUT2D eigenvalue weighted by Gasteiger charge is -2.22. The average Bonchev–Trinajstić information content (AvgIpc) is 2.71. The second kappa shape index (κ2) is 5.06. The smallest absolute Gasteiger partial charge is 0.266 e. The van der Waals surface area contributed by atoms with E-state index in [0.717, 1.165) is 10.0 Å². The number of rotatable bonds is 1. The van der Waals surface area contributed by atoms with Gasteiger partial charge in [0, 0.05) is 4.47 Å². The van der Waals surface area contributed by atoms with Crippen molar-refractivity contribution in [3.05, 3.63) is 63.6 Å². The van der Waals surface area contributed by atoms with Gasteiger partial charge in [0.05, 0.1) is 16.8 Å². The van der Waals surface area contributed by atoms with Crippen LogP contribution in [0.4, 0.5) is 5.69 Å². The van der Waals surface area contributed by atoms with Crippen LogP contribution in [-0.2, 0) is 5.41 Å². The van der Waals surface area contributed by atoms with Gasteiger partial charge < -0.3 is 0 Å². The summed E-state index contributed by atoms with van der Waals surface area (Å²) in [6.07, 6.45) is 0. The summed E-state index contributed by atoms with van der Waals surface area (Å²) in [6, 6.07) is 12.7. The summed E-state index contributed by atoms with van der Waals surface area (Å²) in [4.78, 5) is 26.3. The molecule has 2 aromatic rings. The summed E-state index contributed by atoms with van der Waals surface area (Å²) >= 11 is 3.50. The molecule has 0 fully saturated rings. The predicted molar refractivity (Wildman–Crippen MR) is 90.4 cm³/mol. The van der Waals surface area contributed by atoms with Crippen LogP contribution in [0.2, 0.25) is 0 Å². The van der Waals surface area contributed by atoms with Gasteiger partial charge in [0.2, 0.25) is 0 Å². The van der Waals surface area contributed by atoms with Crippen LogP contribution < -0.4 is 4.90 Å². The first-order chi connectivity index (χ1) is 10.3. The molecule has 0 aliphatic carbocycles. The van der Waals surface area contributed by atoms with E-state index in [1.165, 1.54) is 4.90 Å². The molecule has 2 aromatic carbocycles. The molecule has 1 heterocycles. The van der Waals surface area contributed by atoms with Crippen molar-refractivity contribution in [3.8, 4) is 0 Å². The Bertz CT molecular complexity index is 755. The molecule has 1 aliphatic heterocycles. The molecule has 0 spiro atoms. The summed E-state index contributed by atoms with van der Waals surface area (Å²) < 4.78 is 0.745. The van der Waals surface area contributed by atoms with Crippen LogP contribution in [0.1, 0.15) is 47.1 Å². The number of halogens is 1. The molecule has 1 aliphatic rings. The van der Waals surface area contributed by atoms with Gasteiger partial charge in [-0.25, -0.2) is 4.90 Å². The second-order valence-corrected chi connectivity index (χ2v) is 7.26. The summed E-state index contributed by atoms with van der Waals surface area (Å²) in [6.45, 7) is 6.36. The van der Waals surface area contributed by atoms with Crippen molar-refractivity contribution in [3.63, 3.8) is 0 Å². The Morgan fingerprint density at radius 2 is 1.45 bits per heavy atom. The number of carbonyl (C=O) groups is 2. The molecule has 4 heteroatoms. The molecule has 22 heavy (non-hydrogen) atoms. The van der Waals surface area contributed by atoms with Crippen LogP contribution in [0.25, 0.3) is 0 Å². The van der Waals surface area contributed by atoms with E-state index in [4.69, 9.17) is 0 Å². The molecule has 0 aromatic heterocycles. The number of nitrogens with zero attached hydrogens (tertiary/aromatic N) is 1. The van der Waals surface area contributed by atoms with Crippen molar-refractivity contribution >= 4 is 33.4 Å². The van der Waals surface area contributed by atoms with Crippen molar-refractivity contribution in [1.29, 1.82) is 0 Å². The Morgan fingerprint density at radius 1 is 0.909 bits per heavy atom. The van der Waals surface area contributed by atoms with E-state index in [2.05, 4.69) is 36.7 Å². The number of benzene rings is 2. The molecule has 0 N–H and O–H groups in total. The van der Waals surface area contributed by atoms with E-state index in [1.54, 1.807) is 24.3 Å². The van der Waals surface area contributed by atoms with Gasteiger partial charge in [0.1, 0.15) is 0 Å². The number of fused-ring (bicyclic) bond motifs is 1. The molecule has 112 valence electrons. The molecule has 3 rings (SSSR count). The molecular formula is C18H16BrNO2. The van der Waals surface area contributed by atoms with E-state index >= 15 is 0 Å². The third kappa shape index (κ3) is 2.28. The van der Waals surface area contributed by atoms with Gasteiger partial charge in [-0.15, -0.1) is 0 Å². The van der Waals surface area contributed by atoms with Crippen molar-refractivity contribution in [2.45, 2.75) is 26.2 Å². The first kappa shape index (κ1) is 15.0. The quantitative estimate of drug-likeness (QED) is 0.702. The minimum atomic E-state index is -0.273. The van der Waals surface area contributed by atoms with Gasteiger partial charge in [-0.05, 0) is 51.2 Å². The first-order valence-electron chi connectivity index (χ1n) is 7.08. The van der Waals surface area contributed by atoms with E-state index in [-0.39, 0.29) is 17.2 Å². The zero-order valence-corrected chi connectivity index (χ0v) is 14.3. The number of amides is 2. The second-order valence-electron chi connectivity index (χ2n) is 6.41. The molecule has 0 radical (unpaired) electrons. The fraction of sp³-hybridized carbons (Fsp3) is 0.222. The largest absolute Gasteiger partial charge is 0.268 e. The zero-order valence-electron chi connectivity index (χ0n) is 12.7. The minimum absolute atomic E-state index is 0.00302. The lowest BCUT2D eigenvalue weighted by atomic mass is 9.87. The van der Waals surface area contributed by atoms with E-state index in [1.807, 2.05) is 18.2 Å². The molecule has 0 saturated heterocycles. The molecule has 2 amide bonds. The Kier molecular flexibility index (Phi) is 3.44. The number of hydrogen-bond donors (Lipinski definition) is 0. The maximum atomic E-state index is 12.5. The number of hydrogen-bond acceptors (Lipinski definition) is 2. The van der Waals surface area contributed by atoms with Gasteiger partial charge in [-0.3, -0.25) is 9.59 Å². The first-order valence-corrected chi connectivity index (χ1v) is 7.88. The average molecular weight is 358 g/mol. The summed E-state index contributed by atoms with van der Waals surface area (Å²) in [5.41, 5.74) is 2.64. The highest BCUT2D eigenvalue weighted by Gasteiger charge is 2.37. The third-order valence-electron chi connectivity index (χ3n) is 3.85. The number of carbonyl (C=O) groups excluding carboxylic acids is 2. The molecule has 0 saturated carbocycles. The standard InChI is InChI=1S/C18H16BrNO2/c1-18(2,3)11-8-9-15(14(19)10-11)20-16(21)12-6-4-5-7-13(12)17(20)22/h4-10H,1-3H3. The highest BCUT2D eigenvalue weighted by Crippen LogP contribution is 2.36. The topological polar surface area (TPSA) is 37.4 Å². The van der Waals surface area contributed by atoms with Crippen molar-refractivity contribution in [2.75, 3.05) is 4.90 Å². The summed E-state index contributed by atoms with van der Waals surface area (Å²) in [7, 11) is 0. The maximum Gasteiger partial charge on any atom is 0.266 e. The van der Waals surface area contributed by atoms with E-state index in [9.17, 15) is 9.59 Å². The van der Waals surface area contributed by atoms with Crippen LogP contribution in [0, 0.1) is 0 Å². The Labute approximate surface area is 138 Å². The number of imide groups is 1. The van der Waals surface area contributed by atoms with E-state index in [0.29, 0.717) is 16.8 Å². The molecule has 0 bridgehead atoms. The Balaban J connectivity index is 2.07. The van der Waals surface area contributed by atoms with Gasteiger partial charge >= 0.3 is 0 Å². The van der Waals surface area contributed by atoms with Crippen molar-refractivity contribution in [1.82, 2.24) is 0 Å². The lowest BCUT2D eigenvalue weighted by Crippen LogP contribution is -2.29. The predicted octanol–water partition coefficient (Wildman–Crippen LogP) is 4.55. The van der Waals surface area contributed by atoms with Gasteiger partial charge in [-0.1, -0.05) is 39.0 Å².